The molecule has 2 aromatic carbocycles. The van der Waals surface area contributed by atoms with Crippen LogP contribution in [0.15, 0.2) is 42.5 Å². The van der Waals surface area contributed by atoms with E-state index < -0.39 is 0 Å². The first-order valence-corrected chi connectivity index (χ1v) is 10.2. The summed E-state index contributed by atoms with van der Waals surface area (Å²) in [5.41, 5.74) is 5.65. The summed E-state index contributed by atoms with van der Waals surface area (Å²) in [4.78, 5) is 12.5. The molecule has 0 spiro atoms. The fourth-order valence-electron chi connectivity index (χ4n) is 3.26. The van der Waals surface area contributed by atoms with Gasteiger partial charge in [0, 0.05) is 29.5 Å². The highest BCUT2D eigenvalue weighted by molar-refractivity contribution is 6.32. The molecule has 0 fully saturated rings. The maximum absolute atomic E-state index is 12.5. The van der Waals surface area contributed by atoms with E-state index in [0.29, 0.717) is 28.8 Å². The molecule has 0 bridgehead atoms. The Labute approximate surface area is 187 Å². The Morgan fingerprint density at radius 2 is 1.77 bits per heavy atom. The van der Waals surface area contributed by atoms with Gasteiger partial charge in [0.05, 0.1) is 37.2 Å². The molecular weight excluding hydrogens is 414 g/mol. The molecule has 7 heteroatoms. The van der Waals surface area contributed by atoms with Gasteiger partial charge in [-0.05, 0) is 32.4 Å². The van der Waals surface area contributed by atoms with E-state index in [9.17, 15) is 4.79 Å². The number of nitrogens with zero attached hydrogens (tertiary/aromatic N) is 2. The third kappa shape index (κ3) is 5.27. The van der Waals surface area contributed by atoms with Crippen molar-refractivity contribution in [2.24, 2.45) is 0 Å². The molecule has 1 N–H and O–H groups in total. The Morgan fingerprint density at radius 3 is 2.42 bits per heavy atom. The van der Waals surface area contributed by atoms with Crippen molar-refractivity contribution in [1.29, 1.82) is 0 Å². The number of aromatic nitrogens is 2. The molecule has 0 atom stereocenters. The van der Waals surface area contributed by atoms with Gasteiger partial charge in [0.15, 0.2) is 0 Å². The van der Waals surface area contributed by atoms with Crippen LogP contribution in [0.25, 0.3) is 6.08 Å². The third-order valence-electron chi connectivity index (χ3n) is 5.02. The van der Waals surface area contributed by atoms with Crippen LogP contribution in [0, 0.1) is 20.8 Å². The van der Waals surface area contributed by atoms with E-state index in [4.69, 9.17) is 21.1 Å². The molecule has 0 aliphatic heterocycles. The highest BCUT2D eigenvalue weighted by Gasteiger charge is 2.13. The van der Waals surface area contributed by atoms with Gasteiger partial charge in [-0.3, -0.25) is 9.48 Å². The minimum Gasteiger partial charge on any atom is -0.495 e. The van der Waals surface area contributed by atoms with Crippen LogP contribution in [-0.2, 0) is 11.3 Å². The van der Waals surface area contributed by atoms with Gasteiger partial charge < -0.3 is 14.8 Å². The van der Waals surface area contributed by atoms with Crippen molar-refractivity contribution in [3.8, 4) is 11.5 Å². The Balaban J connectivity index is 1.77. The quantitative estimate of drug-likeness (QED) is 0.515. The normalized spacial score (nSPS) is 11.0. The van der Waals surface area contributed by atoms with E-state index in [1.165, 1.54) is 31.4 Å². The number of hydrogen-bond acceptors (Lipinski definition) is 4. The zero-order valence-electron chi connectivity index (χ0n) is 18.3. The highest BCUT2D eigenvalue weighted by Crippen LogP contribution is 2.35. The molecular formula is C24H26ClN3O3. The average molecular weight is 440 g/mol. The Kier molecular flexibility index (Phi) is 7.02. The number of ether oxygens (including phenoxy) is 2. The minimum atomic E-state index is -0.298. The molecule has 0 aliphatic carbocycles. The minimum absolute atomic E-state index is 0.298. The molecule has 6 nitrogen and oxygen atoms in total. The number of amides is 1. The van der Waals surface area contributed by atoms with Gasteiger partial charge in [-0.1, -0.05) is 41.4 Å². The molecule has 0 aliphatic rings. The molecule has 3 rings (SSSR count). The number of nitrogens with one attached hydrogen (secondary N) is 1. The van der Waals surface area contributed by atoms with Crippen LogP contribution >= 0.6 is 11.6 Å². The zero-order chi connectivity index (χ0) is 22.5. The topological polar surface area (TPSA) is 65.4 Å². The molecule has 31 heavy (non-hydrogen) atoms. The summed E-state index contributed by atoms with van der Waals surface area (Å²) < 4.78 is 12.5. The summed E-state index contributed by atoms with van der Waals surface area (Å²) in [6.45, 7) is 6.67. The lowest BCUT2D eigenvalue weighted by atomic mass is 10.1. The van der Waals surface area contributed by atoms with Crippen LogP contribution in [0.5, 0.6) is 11.5 Å². The fourth-order valence-corrected chi connectivity index (χ4v) is 3.49. The number of benzene rings is 2. The van der Waals surface area contributed by atoms with E-state index in [-0.39, 0.29) is 5.91 Å². The molecule has 3 aromatic rings. The second-order valence-electron chi connectivity index (χ2n) is 7.24. The van der Waals surface area contributed by atoms with Gasteiger partial charge in [-0.25, -0.2) is 0 Å². The van der Waals surface area contributed by atoms with Gasteiger partial charge in [-0.15, -0.1) is 0 Å². The summed E-state index contributed by atoms with van der Waals surface area (Å²) in [6, 6.07) is 11.6. The summed E-state index contributed by atoms with van der Waals surface area (Å²) in [5, 5.41) is 7.84. The van der Waals surface area contributed by atoms with Gasteiger partial charge >= 0.3 is 0 Å². The zero-order valence-corrected chi connectivity index (χ0v) is 19.1. The lowest BCUT2D eigenvalue weighted by Gasteiger charge is -2.12. The van der Waals surface area contributed by atoms with Crippen LogP contribution in [0.3, 0.4) is 0 Å². The molecule has 0 saturated heterocycles. The van der Waals surface area contributed by atoms with Crippen LogP contribution in [0.1, 0.15) is 28.1 Å². The average Bonchev–Trinajstić information content (AvgIpc) is 3.01. The SMILES string of the molecule is COc1cc(NC(=O)/C=C/c2c(C)nn(Cc3ccc(C)cc3)c2C)c(OC)cc1Cl. The highest BCUT2D eigenvalue weighted by atomic mass is 35.5. The van der Waals surface area contributed by atoms with Crippen molar-refractivity contribution >= 4 is 29.3 Å². The number of hydrogen-bond donors (Lipinski definition) is 1. The maximum atomic E-state index is 12.5. The van der Waals surface area contributed by atoms with Gasteiger partial charge in [-0.2, -0.15) is 5.10 Å². The molecule has 0 radical (unpaired) electrons. The number of carbonyl (C=O) groups excluding carboxylic acids is 1. The first-order chi connectivity index (χ1) is 14.8. The van der Waals surface area contributed by atoms with Crippen LogP contribution in [-0.4, -0.2) is 29.9 Å². The molecule has 1 heterocycles. The van der Waals surface area contributed by atoms with Crippen LogP contribution in [0.4, 0.5) is 5.69 Å². The Hall–Kier alpha value is -3.25. The van der Waals surface area contributed by atoms with Crippen molar-refractivity contribution in [3.05, 3.63) is 75.6 Å². The third-order valence-corrected chi connectivity index (χ3v) is 5.32. The van der Waals surface area contributed by atoms with Gasteiger partial charge in [0.25, 0.3) is 0 Å². The molecule has 1 aromatic heterocycles. The fraction of sp³-hybridized carbons (Fsp3) is 0.250. The lowest BCUT2D eigenvalue weighted by Crippen LogP contribution is -2.09. The summed E-state index contributed by atoms with van der Waals surface area (Å²) in [6.07, 6.45) is 3.26. The van der Waals surface area contributed by atoms with Crippen LogP contribution < -0.4 is 14.8 Å². The molecule has 1 amide bonds. The molecule has 0 saturated carbocycles. The number of anilines is 1. The second-order valence-corrected chi connectivity index (χ2v) is 7.64. The number of rotatable bonds is 7. The van der Waals surface area contributed by atoms with Crippen molar-refractivity contribution < 1.29 is 14.3 Å². The van der Waals surface area contributed by atoms with Crippen molar-refractivity contribution in [2.45, 2.75) is 27.3 Å². The maximum Gasteiger partial charge on any atom is 0.248 e. The van der Waals surface area contributed by atoms with Crippen molar-refractivity contribution in [2.75, 3.05) is 19.5 Å². The summed E-state index contributed by atoms with van der Waals surface area (Å²) in [5.74, 6) is 0.601. The Morgan fingerprint density at radius 1 is 1.10 bits per heavy atom. The number of halogens is 1. The smallest absolute Gasteiger partial charge is 0.248 e. The molecule has 0 unspecified atom stereocenters. The number of aryl methyl sites for hydroxylation is 2. The van der Waals surface area contributed by atoms with Gasteiger partial charge in [0.2, 0.25) is 5.91 Å². The second kappa shape index (κ2) is 9.71. The van der Waals surface area contributed by atoms with Crippen LogP contribution in [0.2, 0.25) is 5.02 Å². The van der Waals surface area contributed by atoms with Gasteiger partial charge in [0.1, 0.15) is 11.5 Å². The monoisotopic (exact) mass is 439 g/mol. The standard InChI is InChI=1S/C24H26ClN3O3/c1-15-6-8-18(9-7-15)14-28-17(3)19(16(2)27-28)10-11-24(29)26-21-13-22(30-4)20(25)12-23(21)31-5/h6-13H,14H2,1-5H3,(H,26,29)/b11-10+. The first-order valence-electron chi connectivity index (χ1n) is 9.82. The number of carbonyl (C=O) groups is 1. The summed E-state index contributed by atoms with van der Waals surface area (Å²) in [7, 11) is 3.03. The lowest BCUT2D eigenvalue weighted by molar-refractivity contribution is -0.111. The van der Waals surface area contributed by atoms with E-state index in [1.54, 1.807) is 18.2 Å². The van der Waals surface area contributed by atoms with E-state index in [2.05, 4.69) is 41.6 Å². The predicted octanol–water partition coefficient (Wildman–Crippen LogP) is 5.18. The van der Waals surface area contributed by atoms with E-state index in [0.717, 1.165) is 17.0 Å². The first kappa shape index (κ1) is 22.4. The van der Waals surface area contributed by atoms with E-state index in [1.807, 2.05) is 18.5 Å². The van der Waals surface area contributed by atoms with Crippen molar-refractivity contribution in [1.82, 2.24) is 9.78 Å². The van der Waals surface area contributed by atoms with Crippen molar-refractivity contribution in [3.63, 3.8) is 0 Å². The summed E-state index contributed by atoms with van der Waals surface area (Å²) >= 11 is 6.12. The number of methoxy groups -OCH3 is 2. The van der Waals surface area contributed by atoms with E-state index >= 15 is 0 Å². The Bertz CT molecular complexity index is 1120. The molecule has 162 valence electrons. The largest absolute Gasteiger partial charge is 0.495 e. The predicted molar refractivity (Wildman–Crippen MR) is 124 cm³/mol.